The van der Waals surface area contributed by atoms with E-state index in [2.05, 4.69) is 6.58 Å². The first-order valence-corrected chi connectivity index (χ1v) is 4.66. The normalized spacial score (nSPS) is 9.40. The Morgan fingerprint density at radius 3 is 2.87 bits per heavy atom. The van der Waals surface area contributed by atoms with Gasteiger partial charge in [0.2, 0.25) is 0 Å². The Morgan fingerprint density at radius 1 is 1.47 bits per heavy atom. The van der Waals surface area contributed by atoms with E-state index in [1.54, 1.807) is 13.2 Å². The van der Waals surface area contributed by atoms with Gasteiger partial charge in [-0.05, 0) is 6.07 Å². The van der Waals surface area contributed by atoms with Crippen molar-refractivity contribution in [1.29, 1.82) is 0 Å². The Balaban J connectivity index is 2.63. The number of para-hydroxylation sites is 1. The van der Waals surface area contributed by atoms with E-state index in [-0.39, 0.29) is 19.0 Å². The van der Waals surface area contributed by atoms with Crippen molar-refractivity contribution in [1.82, 2.24) is 0 Å². The highest BCUT2D eigenvalue weighted by Crippen LogP contribution is 2.17. The highest BCUT2D eigenvalue weighted by Gasteiger charge is 2.08. The third kappa shape index (κ3) is 3.46. The highest BCUT2D eigenvalue weighted by molar-refractivity contribution is 5.73. The summed E-state index contributed by atoms with van der Waals surface area (Å²) < 4.78 is 10.0. The molecule has 0 radical (unpaired) electrons. The molecule has 0 fully saturated rings. The molecule has 0 saturated carbocycles. The SMILES string of the molecule is C=CCOC(=O)Cc1ccccc1OC. The Kier molecular flexibility index (Phi) is 4.41. The molecule has 3 nitrogen and oxygen atoms in total. The number of ether oxygens (including phenoxy) is 2. The molecular weight excluding hydrogens is 192 g/mol. The van der Waals surface area contributed by atoms with Crippen LogP contribution in [0.15, 0.2) is 36.9 Å². The number of hydrogen-bond donors (Lipinski definition) is 0. The predicted octanol–water partition coefficient (Wildman–Crippen LogP) is 1.97. The average molecular weight is 206 g/mol. The molecule has 0 heterocycles. The van der Waals surface area contributed by atoms with Gasteiger partial charge in [0.25, 0.3) is 0 Å². The molecule has 0 aromatic heterocycles. The second-order valence-electron chi connectivity index (χ2n) is 2.96. The summed E-state index contributed by atoms with van der Waals surface area (Å²) in [4.78, 5) is 11.3. The Morgan fingerprint density at radius 2 is 2.20 bits per heavy atom. The van der Waals surface area contributed by atoms with Gasteiger partial charge in [0, 0.05) is 5.56 Å². The van der Waals surface area contributed by atoms with Crippen molar-refractivity contribution in [2.24, 2.45) is 0 Å². The van der Waals surface area contributed by atoms with Gasteiger partial charge in [0.1, 0.15) is 12.4 Å². The third-order valence-corrected chi connectivity index (χ3v) is 1.89. The van der Waals surface area contributed by atoms with Crippen LogP contribution < -0.4 is 4.74 Å². The zero-order chi connectivity index (χ0) is 11.1. The predicted molar refractivity (Wildman–Crippen MR) is 57.9 cm³/mol. The molecule has 0 unspecified atom stereocenters. The van der Waals surface area contributed by atoms with Gasteiger partial charge < -0.3 is 9.47 Å². The molecule has 0 aliphatic carbocycles. The Hall–Kier alpha value is -1.77. The maximum atomic E-state index is 11.3. The molecule has 0 aliphatic rings. The number of hydrogen-bond acceptors (Lipinski definition) is 3. The molecule has 1 aromatic rings. The number of methoxy groups -OCH3 is 1. The standard InChI is InChI=1S/C12H14O3/c1-3-8-15-12(13)9-10-6-4-5-7-11(10)14-2/h3-7H,1,8-9H2,2H3. The number of carbonyl (C=O) groups excluding carboxylic acids is 1. The number of carbonyl (C=O) groups is 1. The number of esters is 1. The molecule has 0 aliphatic heterocycles. The molecule has 0 bridgehead atoms. The lowest BCUT2D eigenvalue weighted by Gasteiger charge is -2.07. The smallest absolute Gasteiger partial charge is 0.310 e. The summed E-state index contributed by atoms with van der Waals surface area (Å²) in [6.07, 6.45) is 1.76. The van der Waals surface area contributed by atoms with Crippen LogP contribution in [0.1, 0.15) is 5.56 Å². The minimum absolute atomic E-state index is 0.220. The highest BCUT2D eigenvalue weighted by atomic mass is 16.5. The van der Waals surface area contributed by atoms with Gasteiger partial charge in [-0.25, -0.2) is 0 Å². The molecule has 1 rings (SSSR count). The number of benzene rings is 1. The van der Waals surface area contributed by atoms with E-state index >= 15 is 0 Å². The summed E-state index contributed by atoms with van der Waals surface area (Å²) in [5.41, 5.74) is 0.828. The van der Waals surface area contributed by atoms with Gasteiger partial charge in [0.05, 0.1) is 13.5 Å². The minimum atomic E-state index is -0.278. The zero-order valence-electron chi connectivity index (χ0n) is 8.73. The van der Waals surface area contributed by atoms with E-state index in [4.69, 9.17) is 9.47 Å². The largest absolute Gasteiger partial charge is 0.496 e. The van der Waals surface area contributed by atoms with Gasteiger partial charge >= 0.3 is 5.97 Å². The molecule has 0 spiro atoms. The van der Waals surface area contributed by atoms with E-state index in [9.17, 15) is 4.79 Å². The fourth-order valence-corrected chi connectivity index (χ4v) is 1.21. The van der Waals surface area contributed by atoms with Crippen molar-refractivity contribution in [2.75, 3.05) is 13.7 Å². The van der Waals surface area contributed by atoms with Crippen molar-refractivity contribution in [2.45, 2.75) is 6.42 Å². The molecule has 0 amide bonds. The van der Waals surface area contributed by atoms with Crippen LogP contribution in [-0.4, -0.2) is 19.7 Å². The second kappa shape index (κ2) is 5.86. The van der Waals surface area contributed by atoms with Gasteiger partial charge in [0.15, 0.2) is 0 Å². The van der Waals surface area contributed by atoms with Crippen LogP contribution in [0.25, 0.3) is 0 Å². The summed E-state index contributed by atoms with van der Waals surface area (Å²) in [5, 5.41) is 0. The Bertz CT molecular complexity index is 344. The van der Waals surface area contributed by atoms with Crippen molar-refractivity contribution in [3.8, 4) is 5.75 Å². The summed E-state index contributed by atoms with van der Waals surface area (Å²) in [6, 6.07) is 7.38. The molecular formula is C12H14O3. The van der Waals surface area contributed by atoms with E-state index in [1.807, 2.05) is 24.3 Å². The van der Waals surface area contributed by atoms with Crippen LogP contribution in [0.5, 0.6) is 5.75 Å². The van der Waals surface area contributed by atoms with Crippen molar-refractivity contribution in [3.63, 3.8) is 0 Å². The molecule has 80 valence electrons. The topological polar surface area (TPSA) is 35.5 Å². The lowest BCUT2D eigenvalue weighted by Crippen LogP contribution is -2.08. The lowest BCUT2D eigenvalue weighted by atomic mass is 10.1. The van der Waals surface area contributed by atoms with Gasteiger partial charge in [-0.1, -0.05) is 30.9 Å². The molecule has 0 atom stereocenters. The third-order valence-electron chi connectivity index (χ3n) is 1.89. The van der Waals surface area contributed by atoms with Crippen LogP contribution in [-0.2, 0) is 16.0 Å². The van der Waals surface area contributed by atoms with Gasteiger partial charge in [-0.2, -0.15) is 0 Å². The van der Waals surface area contributed by atoms with Gasteiger partial charge in [-0.15, -0.1) is 0 Å². The molecule has 0 N–H and O–H groups in total. The maximum Gasteiger partial charge on any atom is 0.310 e. The molecule has 3 heteroatoms. The molecule has 15 heavy (non-hydrogen) atoms. The summed E-state index contributed by atoms with van der Waals surface area (Å²) in [5.74, 6) is 0.424. The zero-order valence-corrected chi connectivity index (χ0v) is 8.73. The summed E-state index contributed by atoms with van der Waals surface area (Å²) in [6.45, 7) is 3.72. The maximum absolute atomic E-state index is 11.3. The molecule has 0 saturated heterocycles. The molecule has 1 aromatic carbocycles. The van der Waals surface area contributed by atoms with Crippen LogP contribution >= 0.6 is 0 Å². The van der Waals surface area contributed by atoms with Crippen LogP contribution in [0.4, 0.5) is 0 Å². The number of rotatable bonds is 5. The average Bonchev–Trinajstić information content (AvgIpc) is 2.27. The second-order valence-corrected chi connectivity index (χ2v) is 2.96. The van der Waals surface area contributed by atoms with Crippen LogP contribution in [0.3, 0.4) is 0 Å². The van der Waals surface area contributed by atoms with Crippen molar-refractivity contribution < 1.29 is 14.3 Å². The lowest BCUT2D eigenvalue weighted by molar-refractivity contribution is -0.141. The summed E-state index contributed by atoms with van der Waals surface area (Å²) in [7, 11) is 1.58. The first kappa shape index (κ1) is 11.3. The fourth-order valence-electron chi connectivity index (χ4n) is 1.21. The Labute approximate surface area is 89.3 Å². The van der Waals surface area contributed by atoms with E-state index in [0.717, 1.165) is 5.56 Å². The van der Waals surface area contributed by atoms with Crippen LogP contribution in [0, 0.1) is 0 Å². The minimum Gasteiger partial charge on any atom is -0.496 e. The van der Waals surface area contributed by atoms with Crippen molar-refractivity contribution >= 4 is 5.97 Å². The first-order chi connectivity index (χ1) is 7.27. The van der Waals surface area contributed by atoms with Gasteiger partial charge in [-0.3, -0.25) is 4.79 Å². The first-order valence-electron chi connectivity index (χ1n) is 4.66. The van der Waals surface area contributed by atoms with E-state index in [1.165, 1.54) is 0 Å². The quantitative estimate of drug-likeness (QED) is 0.545. The monoisotopic (exact) mass is 206 g/mol. The van der Waals surface area contributed by atoms with E-state index in [0.29, 0.717) is 5.75 Å². The van der Waals surface area contributed by atoms with Crippen LogP contribution in [0.2, 0.25) is 0 Å². The fraction of sp³-hybridized carbons (Fsp3) is 0.250. The summed E-state index contributed by atoms with van der Waals surface area (Å²) >= 11 is 0. The van der Waals surface area contributed by atoms with Crippen molar-refractivity contribution in [3.05, 3.63) is 42.5 Å². The van der Waals surface area contributed by atoms with E-state index < -0.39 is 0 Å².